The Morgan fingerprint density at radius 1 is 1.14 bits per heavy atom. The van der Waals surface area contributed by atoms with Crippen molar-refractivity contribution in [3.8, 4) is 5.75 Å². The molecule has 0 bridgehead atoms. The van der Waals surface area contributed by atoms with E-state index in [2.05, 4.69) is 10.6 Å². The molecule has 2 aromatic rings. The molecule has 1 aliphatic heterocycles. The number of aryl methyl sites for hydroxylation is 1. The Kier molecular flexibility index (Phi) is 7.64. The largest absolute Gasteiger partial charge is 0.494 e. The third kappa shape index (κ3) is 6.61. The molecule has 0 unspecified atom stereocenters. The number of carbonyl (C=O) groups is 2. The summed E-state index contributed by atoms with van der Waals surface area (Å²) in [5, 5.41) is 5.73. The number of nitrogens with one attached hydrogen (secondary N) is 2. The summed E-state index contributed by atoms with van der Waals surface area (Å²) in [5.74, 6) is 0.445. The molecule has 154 valence electrons. The lowest BCUT2D eigenvalue weighted by atomic mass is 10.1. The molecule has 6 nitrogen and oxygen atoms in total. The first-order chi connectivity index (χ1) is 14.1. The first-order valence-electron chi connectivity index (χ1n) is 10.1. The van der Waals surface area contributed by atoms with E-state index in [1.807, 2.05) is 31.2 Å². The van der Waals surface area contributed by atoms with E-state index in [4.69, 9.17) is 9.47 Å². The zero-order chi connectivity index (χ0) is 20.5. The zero-order valence-electron chi connectivity index (χ0n) is 16.8. The highest BCUT2D eigenvalue weighted by molar-refractivity contribution is 6.03. The molecule has 1 heterocycles. The Balaban J connectivity index is 1.44. The highest BCUT2D eigenvalue weighted by atomic mass is 16.5. The molecule has 6 heteroatoms. The Labute approximate surface area is 171 Å². The number of rotatable bonds is 9. The number of ether oxygens (including phenoxy) is 2. The van der Waals surface area contributed by atoms with Gasteiger partial charge in [0.15, 0.2) is 0 Å². The van der Waals surface area contributed by atoms with Gasteiger partial charge in [-0.2, -0.15) is 0 Å². The van der Waals surface area contributed by atoms with Gasteiger partial charge in [0.2, 0.25) is 5.91 Å². The first kappa shape index (κ1) is 20.9. The quantitative estimate of drug-likeness (QED) is 0.634. The van der Waals surface area contributed by atoms with Crippen LogP contribution in [0.5, 0.6) is 5.75 Å². The molecule has 2 aromatic carbocycles. The highest BCUT2D eigenvalue weighted by Crippen LogP contribution is 2.17. The van der Waals surface area contributed by atoms with Crippen LogP contribution in [0.25, 0.3) is 0 Å². The maximum absolute atomic E-state index is 12.5. The molecule has 0 aliphatic carbocycles. The van der Waals surface area contributed by atoms with E-state index in [0.29, 0.717) is 37.2 Å². The van der Waals surface area contributed by atoms with Crippen LogP contribution in [0.15, 0.2) is 48.5 Å². The average Bonchev–Trinajstić information content (AvgIpc) is 3.25. The van der Waals surface area contributed by atoms with Crippen LogP contribution in [0.4, 0.5) is 5.69 Å². The summed E-state index contributed by atoms with van der Waals surface area (Å²) in [7, 11) is 0. The van der Waals surface area contributed by atoms with Gasteiger partial charge in [-0.15, -0.1) is 0 Å². The van der Waals surface area contributed by atoms with Gasteiger partial charge in [0, 0.05) is 19.6 Å². The monoisotopic (exact) mass is 396 g/mol. The van der Waals surface area contributed by atoms with Crippen molar-refractivity contribution in [3.63, 3.8) is 0 Å². The first-order valence-corrected chi connectivity index (χ1v) is 10.1. The molecule has 1 atom stereocenters. The molecule has 1 saturated heterocycles. The van der Waals surface area contributed by atoms with E-state index in [-0.39, 0.29) is 17.9 Å². The molecule has 3 rings (SSSR count). The van der Waals surface area contributed by atoms with E-state index in [1.165, 1.54) is 5.56 Å². The molecule has 0 radical (unpaired) electrons. The van der Waals surface area contributed by atoms with Crippen molar-refractivity contribution in [3.05, 3.63) is 59.7 Å². The van der Waals surface area contributed by atoms with E-state index >= 15 is 0 Å². The maximum Gasteiger partial charge on any atom is 0.253 e. The van der Waals surface area contributed by atoms with Gasteiger partial charge in [0.05, 0.1) is 24.0 Å². The van der Waals surface area contributed by atoms with E-state index in [1.54, 1.807) is 24.3 Å². The molecule has 0 saturated carbocycles. The highest BCUT2D eigenvalue weighted by Gasteiger charge is 2.18. The third-order valence-corrected chi connectivity index (χ3v) is 4.80. The molecule has 2 N–H and O–H groups in total. The summed E-state index contributed by atoms with van der Waals surface area (Å²) in [4.78, 5) is 24.8. The number of benzene rings is 2. The summed E-state index contributed by atoms with van der Waals surface area (Å²) in [6, 6.07) is 14.8. The second kappa shape index (κ2) is 10.6. The summed E-state index contributed by atoms with van der Waals surface area (Å²) in [5.41, 5.74) is 2.15. The predicted molar refractivity (Wildman–Crippen MR) is 112 cm³/mol. The zero-order valence-corrected chi connectivity index (χ0v) is 16.8. The van der Waals surface area contributed by atoms with Crippen LogP contribution >= 0.6 is 0 Å². The number of amides is 2. The van der Waals surface area contributed by atoms with Gasteiger partial charge in [-0.25, -0.2) is 0 Å². The smallest absolute Gasteiger partial charge is 0.253 e. The van der Waals surface area contributed by atoms with Crippen molar-refractivity contribution in [1.82, 2.24) is 5.32 Å². The van der Waals surface area contributed by atoms with Gasteiger partial charge in [-0.1, -0.05) is 29.8 Å². The van der Waals surface area contributed by atoms with Crippen LogP contribution in [0.3, 0.4) is 0 Å². The van der Waals surface area contributed by atoms with E-state index < -0.39 is 0 Å². The number of carbonyl (C=O) groups excluding carboxylic acids is 2. The lowest BCUT2D eigenvalue weighted by Gasteiger charge is -2.14. The Morgan fingerprint density at radius 3 is 2.69 bits per heavy atom. The molecule has 1 aliphatic rings. The molecule has 0 aromatic heterocycles. The second-order valence-corrected chi connectivity index (χ2v) is 7.20. The van der Waals surface area contributed by atoms with Crippen LogP contribution in [-0.2, 0) is 9.53 Å². The van der Waals surface area contributed by atoms with Crippen molar-refractivity contribution in [2.45, 2.75) is 38.7 Å². The fourth-order valence-electron chi connectivity index (χ4n) is 3.17. The van der Waals surface area contributed by atoms with Gasteiger partial charge in [-0.3, -0.25) is 9.59 Å². The van der Waals surface area contributed by atoms with E-state index in [0.717, 1.165) is 25.2 Å². The number of hydrogen-bond donors (Lipinski definition) is 2. The van der Waals surface area contributed by atoms with Crippen molar-refractivity contribution in [1.29, 1.82) is 0 Å². The summed E-state index contributed by atoms with van der Waals surface area (Å²) >= 11 is 0. The Bertz CT molecular complexity index is 814. The lowest BCUT2D eigenvalue weighted by Crippen LogP contribution is -2.32. The van der Waals surface area contributed by atoms with Crippen LogP contribution in [0.2, 0.25) is 0 Å². The number of anilines is 1. The minimum Gasteiger partial charge on any atom is -0.494 e. The van der Waals surface area contributed by atoms with Crippen LogP contribution in [0, 0.1) is 6.92 Å². The lowest BCUT2D eigenvalue weighted by molar-refractivity contribution is -0.116. The molecular weight excluding hydrogens is 368 g/mol. The fraction of sp³-hybridized carbons (Fsp3) is 0.391. The molecule has 1 fully saturated rings. The van der Waals surface area contributed by atoms with Crippen LogP contribution in [-0.4, -0.2) is 37.7 Å². The fourth-order valence-corrected chi connectivity index (χ4v) is 3.17. The maximum atomic E-state index is 12.5. The van der Waals surface area contributed by atoms with Gasteiger partial charge >= 0.3 is 0 Å². The van der Waals surface area contributed by atoms with Gasteiger partial charge in [0.1, 0.15) is 5.75 Å². The minimum atomic E-state index is -0.209. The minimum absolute atomic E-state index is 0.0780. The van der Waals surface area contributed by atoms with Crippen molar-refractivity contribution in [2.75, 3.05) is 25.1 Å². The van der Waals surface area contributed by atoms with E-state index in [9.17, 15) is 9.59 Å². The molecule has 2 amide bonds. The summed E-state index contributed by atoms with van der Waals surface area (Å²) in [6.45, 7) is 3.72. The number of para-hydroxylation sites is 1. The standard InChI is InChI=1S/C23H28N2O4/c1-17-10-12-18(13-11-17)28-15-5-9-22(26)25-21-8-3-2-7-20(21)23(27)24-16-19-6-4-14-29-19/h2-3,7-8,10-13,19H,4-6,9,14-16H2,1H3,(H,24,27)(H,25,26)/t19-/m1/s1. The van der Waals surface area contributed by atoms with Crippen LogP contribution in [0.1, 0.15) is 41.6 Å². The van der Waals surface area contributed by atoms with Gasteiger partial charge < -0.3 is 20.1 Å². The average molecular weight is 396 g/mol. The molecular formula is C23H28N2O4. The molecule has 0 spiro atoms. The third-order valence-electron chi connectivity index (χ3n) is 4.80. The summed E-state index contributed by atoms with van der Waals surface area (Å²) < 4.78 is 11.2. The Hall–Kier alpha value is -2.86. The molecule has 29 heavy (non-hydrogen) atoms. The number of hydrogen-bond acceptors (Lipinski definition) is 4. The Morgan fingerprint density at radius 2 is 1.93 bits per heavy atom. The van der Waals surface area contributed by atoms with Gasteiger partial charge in [-0.05, 0) is 50.5 Å². The topological polar surface area (TPSA) is 76.7 Å². The van der Waals surface area contributed by atoms with Crippen molar-refractivity contribution < 1.29 is 19.1 Å². The normalized spacial score (nSPS) is 15.7. The predicted octanol–water partition coefficient (Wildman–Crippen LogP) is 3.70. The van der Waals surface area contributed by atoms with Crippen molar-refractivity contribution >= 4 is 17.5 Å². The summed E-state index contributed by atoms with van der Waals surface area (Å²) in [6.07, 6.45) is 2.98. The van der Waals surface area contributed by atoms with Crippen molar-refractivity contribution in [2.24, 2.45) is 0 Å². The van der Waals surface area contributed by atoms with Crippen LogP contribution < -0.4 is 15.4 Å². The second-order valence-electron chi connectivity index (χ2n) is 7.20. The van der Waals surface area contributed by atoms with Gasteiger partial charge in [0.25, 0.3) is 5.91 Å². The SMILES string of the molecule is Cc1ccc(OCCCC(=O)Nc2ccccc2C(=O)NC[C@H]2CCCO2)cc1.